The number of ketones is 1. The average Bonchev–Trinajstić information content (AvgIpc) is 3.24. The molecular formula is C21H22FN3O. The molecule has 4 rings (SSSR count). The Morgan fingerprint density at radius 2 is 2.00 bits per heavy atom. The van der Waals surface area contributed by atoms with E-state index in [1.807, 2.05) is 38.4 Å². The third kappa shape index (κ3) is 3.52. The molecule has 4 nitrogen and oxygen atoms in total. The zero-order chi connectivity index (χ0) is 18.7. The molecule has 5 heteroatoms. The number of nitrogens with zero attached hydrogens (tertiary/aromatic N) is 2. The summed E-state index contributed by atoms with van der Waals surface area (Å²) < 4.78 is 15.1. The standard InChI is InChI=1S/C19H16FN3O.C2H6/c1-12(24)6-7-23-11-14-8-13(2-5-18(14)22-23)17-10-21-19-9-15(20)3-4-16(17)19;1-2/h2-5,8-11,21H,6-7H2,1H3;1-2H3. The number of carbonyl (C=O) groups is 1. The molecule has 0 unspecified atom stereocenters. The van der Waals surface area contributed by atoms with Gasteiger partial charge in [-0.2, -0.15) is 5.10 Å². The molecule has 0 atom stereocenters. The van der Waals surface area contributed by atoms with E-state index in [1.165, 1.54) is 12.1 Å². The first kappa shape index (κ1) is 17.9. The maximum absolute atomic E-state index is 13.3. The highest BCUT2D eigenvalue weighted by atomic mass is 19.1. The van der Waals surface area contributed by atoms with Crippen molar-refractivity contribution in [3.05, 3.63) is 54.6 Å². The number of rotatable bonds is 4. The van der Waals surface area contributed by atoms with Crippen molar-refractivity contribution in [2.75, 3.05) is 0 Å². The second-order valence-corrected chi connectivity index (χ2v) is 6.01. The molecule has 0 radical (unpaired) electrons. The van der Waals surface area contributed by atoms with Gasteiger partial charge >= 0.3 is 0 Å². The second-order valence-electron chi connectivity index (χ2n) is 6.01. The fraction of sp³-hybridized carbons (Fsp3) is 0.238. The van der Waals surface area contributed by atoms with Gasteiger partial charge in [0.2, 0.25) is 0 Å². The molecule has 0 saturated carbocycles. The van der Waals surface area contributed by atoms with Gasteiger partial charge < -0.3 is 4.98 Å². The lowest BCUT2D eigenvalue weighted by Crippen LogP contribution is -2.02. The van der Waals surface area contributed by atoms with Crippen LogP contribution in [0.4, 0.5) is 4.39 Å². The Hall–Kier alpha value is -2.95. The number of aryl methyl sites for hydroxylation is 1. The topological polar surface area (TPSA) is 50.7 Å². The highest BCUT2D eigenvalue weighted by molar-refractivity contribution is 5.97. The van der Waals surface area contributed by atoms with E-state index < -0.39 is 0 Å². The van der Waals surface area contributed by atoms with E-state index in [4.69, 9.17) is 0 Å². The molecule has 0 spiro atoms. The van der Waals surface area contributed by atoms with E-state index in [1.54, 1.807) is 17.7 Å². The minimum Gasteiger partial charge on any atom is -0.360 e. The van der Waals surface area contributed by atoms with Gasteiger partial charge in [-0.3, -0.25) is 9.48 Å². The molecule has 134 valence electrons. The fourth-order valence-corrected chi connectivity index (χ4v) is 2.97. The number of benzene rings is 2. The van der Waals surface area contributed by atoms with E-state index in [-0.39, 0.29) is 11.6 Å². The van der Waals surface area contributed by atoms with Crippen LogP contribution in [0.2, 0.25) is 0 Å². The Labute approximate surface area is 151 Å². The van der Waals surface area contributed by atoms with Gasteiger partial charge in [-0.15, -0.1) is 0 Å². The summed E-state index contributed by atoms with van der Waals surface area (Å²) in [7, 11) is 0. The molecule has 0 bridgehead atoms. The van der Waals surface area contributed by atoms with Gasteiger partial charge in [-0.1, -0.05) is 19.9 Å². The van der Waals surface area contributed by atoms with Crippen molar-refractivity contribution in [1.29, 1.82) is 0 Å². The van der Waals surface area contributed by atoms with Crippen LogP contribution in [0.1, 0.15) is 27.2 Å². The smallest absolute Gasteiger partial charge is 0.131 e. The largest absolute Gasteiger partial charge is 0.360 e. The zero-order valence-electron chi connectivity index (χ0n) is 15.2. The molecule has 2 aromatic carbocycles. The van der Waals surface area contributed by atoms with Crippen LogP contribution >= 0.6 is 0 Å². The van der Waals surface area contributed by atoms with Crippen LogP contribution in [0, 0.1) is 5.82 Å². The van der Waals surface area contributed by atoms with Gasteiger partial charge in [0.05, 0.1) is 5.52 Å². The predicted octanol–water partition coefficient (Wildman–Crippen LogP) is 5.33. The molecular weight excluding hydrogens is 329 g/mol. The average molecular weight is 351 g/mol. The molecule has 0 saturated heterocycles. The molecule has 2 heterocycles. The summed E-state index contributed by atoms with van der Waals surface area (Å²) >= 11 is 0. The van der Waals surface area contributed by atoms with Gasteiger partial charge in [-0.25, -0.2) is 4.39 Å². The highest BCUT2D eigenvalue weighted by Crippen LogP contribution is 2.30. The first-order chi connectivity index (χ1) is 12.6. The van der Waals surface area contributed by atoms with Crippen molar-refractivity contribution in [1.82, 2.24) is 14.8 Å². The highest BCUT2D eigenvalue weighted by Gasteiger charge is 2.09. The predicted molar refractivity (Wildman–Crippen MR) is 104 cm³/mol. The monoisotopic (exact) mass is 351 g/mol. The summed E-state index contributed by atoms with van der Waals surface area (Å²) in [6, 6.07) is 10.8. The quantitative estimate of drug-likeness (QED) is 0.540. The minimum absolute atomic E-state index is 0.154. The molecule has 2 aromatic heterocycles. The Balaban J connectivity index is 0.000000948. The third-order valence-electron chi connectivity index (χ3n) is 4.20. The van der Waals surface area contributed by atoms with Crippen LogP contribution in [0.3, 0.4) is 0 Å². The van der Waals surface area contributed by atoms with Crippen molar-refractivity contribution in [2.24, 2.45) is 0 Å². The number of fused-ring (bicyclic) bond motifs is 2. The maximum Gasteiger partial charge on any atom is 0.131 e. The Morgan fingerprint density at radius 1 is 1.19 bits per heavy atom. The minimum atomic E-state index is -0.252. The van der Waals surface area contributed by atoms with Gasteiger partial charge in [0, 0.05) is 47.2 Å². The molecule has 1 N–H and O–H groups in total. The number of halogens is 1. The SMILES string of the molecule is CC.CC(=O)CCn1cc2cc(-c3c[nH]c4cc(F)ccc34)ccc2n1. The first-order valence-electron chi connectivity index (χ1n) is 8.84. The van der Waals surface area contributed by atoms with Crippen molar-refractivity contribution in [3.8, 4) is 11.1 Å². The lowest BCUT2D eigenvalue weighted by molar-refractivity contribution is -0.117. The lowest BCUT2D eigenvalue weighted by atomic mass is 10.0. The van der Waals surface area contributed by atoms with Crippen molar-refractivity contribution < 1.29 is 9.18 Å². The summed E-state index contributed by atoms with van der Waals surface area (Å²) in [5.74, 6) is -0.0978. The van der Waals surface area contributed by atoms with E-state index >= 15 is 0 Å². The van der Waals surface area contributed by atoms with Crippen LogP contribution in [0.15, 0.2) is 48.8 Å². The van der Waals surface area contributed by atoms with Gasteiger partial charge in [-0.05, 0) is 42.8 Å². The van der Waals surface area contributed by atoms with E-state index in [0.29, 0.717) is 13.0 Å². The lowest BCUT2D eigenvalue weighted by Gasteiger charge is -2.00. The number of Topliss-reactive ketones (excluding diaryl/α,β-unsaturated/α-hetero) is 1. The van der Waals surface area contributed by atoms with Crippen LogP contribution in [0.5, 0.6) is 0 Å². The number of carbonyl (C=O) groups excluding carboxylic acids is 1. The number of aromatic nitrogens is 3. The van der Waals surface area contributed by atoms with Gasteiger partial charge in [0.1, 0.15) is 11.6 Å². The summed E-state index contributed by atoms with van der Waals surface area (Å²) in [5.41, 5.74) is 3.75. The van der Waals surface area contributed by atoms with Crippen molar-refractivity contribution in [2.45, 2.75) is 33.7 Å². The van der Waals surface area contributed by atoms with E-state index in [9.17, 15) is 9.18 Å². The molecule has 0 aliphatic rings. The van der Waals surface area contributed by atoms with Gasteiger partial charge in [0.15, 0.2) is 0 Å². The summed E-state index contributed by atoms with van der Waals surface area (Å²) in [5, 5.41) is 6.49. The number of nitrogens with one attached hydrogen (secondary N) is 1. The summed E-state index contributed by atoms with van der Waals surface area (Å²) in [6.45, 7) is 6.17. The summed E-state index contributed by atoms with van der Waals surface area (Å²) in [6.07, 6.45) is 4.33. The Kier molecular flexibility index (Phi) is 5.16. The third-order valence-corrected chi connectivity index (χ3v) is 4.20. The van der Waals surface area contributed by atoms with Crippen molar-refractivity contribution >= 4 is 27.6 Å². The van der Waals surface area contributed by atoms with Crippen LogP contribution in [0.25, 0.3) is 32.9 Å². The summed E-state index contributed by atoms with van der Waals surface area (Å²) in [4.78, 5) is 14.2. The molecule has 0 aliphatic heterocycles. The zero-order valence-corrected chi connectivity index (χ0v) is 15.2. The van der Waals surface area contributed by atoms with Crippen LogP contribution < -0.4 is 0 Å². The Morgan fingerprint density at radius 3 is 2.77 bits per heavy atom. The Bertz CT molecular complexity index is 1060. The van der Waals surface area contributed by atoms with E-state index in [2.05, 4.69) is 16.1 Å². The second kappa shape index (κ2) is 7.52. The number of hydrogen-bond donors (Lipinski definition) is 1. The number of hydrogen-bond acceptors (Lipinski definition) is 2. The molecule has 0 amide bonds. The molecule has 26 heavy (non-hydrogen) atoms. The molecule has 4 aromatic rings. The van der Waals surface area contributed by atoms with Crippen LogP contribution in [-0.4, -0.2) is 20.5 Å². The van der Waals surface area contributed by atoms with Gasteiger partial charge in [0.25, 0.3) is 0 Å². The number of H-pyrrole nitrogens is 1. The first-order valence-corrected chi connectivity index (χ1v) is 8.84. The maximum atomic E-state index is 13.3. The normalized spacial score (nSPS) is 10.8. The van der Waals surface area contributed by atoms with E-state index in [0.717, 1.165) is 32.9 Å². The fourth-order valence-electron chi connectivity index (χ4n) is 2.97. The molecule has 0 aliphatic carbocycles. The molecule has 0 fully saturated rings. The van der Waals surface area contributed by atoms with Crippen LogP contribution in [-0.2, 0) is 11.3 Å². The number of aromatic amines is 1. The van der Waals surface area contributed by atoms with Crippen molar-refractivity contribution in [3.63, 3.8) is 0 Å².